The summed E-state index contributed by atoms with van der Waals surface area (Å²) in [6.45, 7) is 2.60. The van der Waals surface area contributed by atoms with Crippen LogP contribution in [-0.4, -0.2) is 6.61 Å². The van der Waals surface area contributed by atoms with Crippen LogP contribution in [-0.2, 0) is 0 Å². The van der Waals surface area contributed by atoms with Crippen LogP contribution in [0.4, 0.5) is 0 Å². The maximum absolute atomic E-state index is 6.09. The maximum atomic E-state index is 6.09. The quantitative estimate of drug-likeness (QED) is 0.453. The topological polar surface area (TPSA) is 47.3 Å². The molecule has 1 unspecified atom stereocenters. The van der Waals surface area contributed by atoms with Crippen LogP contribution < -0.4 is 16.0 Å². The van der Waals surface area contributed by atoms with E-state index in [-0.39, 0.29) is 6.04 Å². The molecule has 0 aliphatic rings. The fourth-order valence-electron chi connectivity index (χ4n) is 2.05. The Balaban J connectivity index is 2.41. The van der Waals surface area contributed by atoms with Crippen LogP contribution in [0.25, 0.3) is 0 Å². The molecule has 106 valence electrons. The second-order valence-electron chi connectivity index (χ2n) is 4.27. The molecule has 0 aliphatic heterocycles. The summed E-state index contributed by atoms with van der Waals surface area (Å²) >= 11 is 8.37. The highest BCUT2D eigenvalue weighted by Crippen LogP contribution is 2.29. The van der Waals surface area contributed by atoms with Gasteiger partial charge in [0, 0.05) is 8.59 Å². The lowest BCUT2D eigenvalue weighted by molar-refractivity contribution is 0.339. The van der Waals surface area contributed by atoms with E-state index in [1.807, 2.05) is 49.4 Å². The van der Waals surface area contributed by atoms with Crippen LogP contribution in [0.5, 0.6) is 5.75 Å². The number of hydrogen-bond donors (Lipinski definition) is 2. The number of rotatable bonds is 5. The number of nitrogens with one attached hydrogen (secondary N) is 1. The smallest absolute Gasteiger partial charge is 0.119 e. The lowest BCUT2D eigenvalue weighted by Gasteiger charge is -2.19. The molecule has 0 radical (unpaired) electrons. The first-order valence-corrected chi connectivity index (χ1v) is 7.75. The minimum absolute atomic E-state index is 0.124. The summed E-state index contributed by atoms with van der Waals surface area (Å²) in [6, 6.07) is 13.6. The molecule has 0 spiro atoms. The molecule has 0 saturated carbocycles. The van der Waals surface area contributed by atoms with Crippen molar-refractivity contribution in [3.63, 3.8) is 0 Å². The predicted octanol–water partition coefficient (Wildman–Crippen LogP) is 3.90. The van der Waals surface area contributed by atoms with Crippen LogP contribution in [0.2, 0.25) is 5.02 Å². The van der Waals surface area contributed by atoms with E-state index in [9.17, 15) is 0 Å². The average Bonchev–Trinajstić information content (AvgIpc) is 2.44. The largest absolute Gasteiger partial charge is 0.494 e. The number of halogens is 2. The minimum Gasteiger partial charge on any atom is -0.494 e. The summed E-state index contributed by atoms with van der Waals surface area (Å²) < 4.78 is 6.64. The van der Waals surface area contributed by atoms with Gasteiger partial charge in [-0.15, -0.1) is 0 Å². The van der Waals surface area contributed by atoms with Crippen molar-refractivity contribution in [2.45, 2.75) is 13.0 Å². The highest BCUT2D eigenvalue weighted by Gasteiger charge is 2.16. The first-order valence-electron chi connectivity index (χ1n) is 6.29. The molecule has 2 aromatic carbocycles. The van der Waals surface area contributed by atoms with Gasteiger partial charge in [0.15, 0.2) is 0 Å². The Kier molecular flexibility index (Phi) is 5.65. The van der Waals surface area contributed by atoms with Crippen molar-refractivity contribution in [2.24, 2.45) is 5.84 Å². The zero-order chi connectivity index (χ0) is 14.5. The van der Waals surface area contributed by atoms with E-state index >= 15 is 0 Å². The van der Waals surface area contributed by atoms with Crippen molar-refractivity contribution in [1.82, 2.24) is 5.43 Å². The van der Waals surface area contributed by atoms with Gasteiger partial charge < -0.3 is 4.74 Å². The van der Waals surface area contributed by atoms with Gasteiger partial charge in [0.25, 0.3) is 0 Å². The Hall–Kier alpha value is -0.820. The van der Waals surface area contributed by atoms with Gasteiger partial charge in [-0.05, 0) is 71.0 Å². The molecule has 0 aliphatic carbocycles. The molecule has 0 aromatic heterocycles. The van der Waals surface area contributed by atoms with E-state index in [4.69, 9.17) is 22.2 Å². The van der Waals surface area contributed by atoms with Crippen molar-refractivity contribution in [2.75, 3.05) is 6.61 Å². The van der Waals surface area contributed by atoms with Gasteiger partial charge in [-0.25, -0.2) is 5.43 Å². The van der Waals surface area contributed by atoms with Crippen molar-refractivity contribution >= 4 is 34.2 Å². The highest BCUT2D eigenvalue weighted by molar-refractivity contribution is 14.1. The predicted molar refractivity (Wildman–Crippen MR) is 90.9 cm³/mol. The van der Waals surface area contributed by atoms with Crippen LogP contribution in [0.15, 0.2) is 42.5 Å². The van der Waals surface area contributed by atoms with Gasteiger partial charge >= 0.3 is 0 Å². The zero-order valence-corrected chi connectivity index (χ0v) is 14.0. The third-order valence-corrected chi connectivity index (χ3v) is 4.16. The third-order valence-electron chi connectivity index (χ3n) is 2.94. The summed E-state index contributed by atoms with van der Waals surface area (Å²) in [5.74, 6) is 6.58. The second-order valence-corrected chi connectivity index (χ2v) is 5.87. The summed E-state index contributed by atoms with van der Waals surface area (Å²) in [5, 5.41) is 0.696. The summed E-state index contributed by atoms with van der Waals surface area (Å²) in [4.78, 5) is 0. The average molecular weight is 403 g/mol. The Morgan fingerprint density at radius 2 is 2.10 bits per heavy atom. The molecule has 1 atom stereocenters. The zero-order valence-electron chi connectivity index (χ0n) is 11.1. The van der Waals surface area contributed by atoms with Gasteiger partial charge in [0.2, 0.25) is 0 Å². The van der Waals surface area contributed by atoms with Crippen LogP contribution in [0.3, 0.4) is 0 Å². The molecule has 2 aromatic rings. The van der Waals surface area contributed by atoms with Crippen LogP contribution in [0.1, 0.15) is 24.1 Å². The first-order chi connectivity index (χ1) is 9.65. The van der Waals surface area contributed by atoms with E-state index in [1.165, 1.54) is 0 Å². The molecule has 3 nitrogen and oxygen atoms in total. The van der Waals surface area contributed by atoms with Crippen LogP contribution >= 0.6 is 34.2 Å². The maximum Gasteiger partial charge on any atom is 0.119 e. The molecule has 0 saturated heterocycles. The van der Waals surface area contributed by atoms with Crippen molar-refractivity contribution < 1.29 is 4.74 Å². The Morgan fingerprint density at radius 1 is 1.30 bits per heavy atom. The van der Waals surface area contributed by atoms with Gasteiger partial charge in [0.1, 0.15) is 5.75 Å². The number of hydrazine groups is 1. The molecule has 0 heterocycles. The molecule has 0 bridgehead atoms. The number of ether oxygens (including phenoxy) is 1. The van der Waals surface area contributed by atoms with E-state index in [1.54, 1.807) is 0 Å². The van der Waals surface area contributed by atoms with Crippen molar-refractivity contribution in [3.8, 4) is 5.75 Å². The standard InChI is InChI=1S/C15H16ClIN2O/c1-2-20-12-5-3-4-10(8-12)15(19-18)13-9-11(16)6-7-14(13)17/h3-9,15,19H,2,18H2,1H3. The molecule has 2 rings (SSSR count). The molecular formula is C15H16ClIN2O. The fraction of sp³-hybridized carbons (Fsp3) is 0.200. The van der Waals surface area contributed by atoms with Crippen LogP contribution in [0, 0.1) is 3.57 Å². The molecular weight excluding hydrogens is 387 g/mol. The monoisotopic (exact) mass is 402 g/mol. The van der Waals surface area contributed by atoms with E-state index in [0.29, 0.717) is 11.6 Å². The second kappa shape index (κ2) is 7.26. The molecule has 20 heavy (non-hydrogen) atoms. The Labute approximate surface area is 137 Å². The normalized spacial score (nSPS) is 12.2. The Morgan fingerprint density at radius 3 is 2.80 bits per heavy atom. The number of hydrogen-bond acceptors (Lipinski definition) is 3. The number of benzene rings is 2. The molecule has 0 amide bonds. The van der Waals surface area contributed by atoms with E-state index in [0.717, 1.165) is 20.4 Å². The molecule has 0 fully saturated rings. The minimum atomic E-state index is -0.124. The summed E-state index contributed by atoms with van der Waals surface area (Å²) in [7, 11) is 0. The van der Waals surface area contributed by atoms with Gasteiger partial charge in [-0.1, -0.05) is 23.7 Å². The van der Waals surface area contributed by atoms with E-state index in [2.05, 4.69) is 28.0 Å². The highest BCUT2D eigenvalue weighted by atomic mass is 127. The van der Waals surface area contributed by atoms with Crippen molar-refractivity contribution in [1.29, 1.82) is 0 Å². The lowest BCUT2D eigenvalue weighted by atomic mass is 9.99. The Bertz CT molecular complexity index is 592. The SMILES string of the molecule is CCOc1cccc(C(NN)c2cc(Cl)ccc2I)c1. The van der Waals surface area contributed by atoms with Crippen molar-refractivity contribution in [3.05, 3.63) is 62.2 Å². The lowest BCUT2D eigenvalue weighted by Crippen LogP contribution is -2.29. The number of nitrogens with two attached hydrogens (primary N) is 1. The van der Waals surface area contributed by atoms with Gasteiger partial charge in [-0.2, -0.15) is 0 Å². The molecule has 3 N–H and O–H groups in total. The molecule has 5 heteroatoms. The van der Waals surface area contributed by atoms with Gasteiger partial charge in [0.05, 0.1) is 12.6 Å². The van der Waals surface area contributed by atoms with Gasteiger partial charge in [-0.3, -0.25) is 5.84 Å². The fourth-order valence-corrected chi connectivity index (χ4v) is 2.88. The first kappa shape index (κ1) is 15.6. The summed E-state index contributed by atoms with van der Waals surface area (Å²) in [5.41, 5.74) is 4.94. The van der Waals surface area contributed by atoms with E-state index < -0.39 is 0 Å². The summed E-state index contributed by atoms with van der Waals surface area (Å²) in [6.07, 6.45) is 0. The third kappa shape index (κ3) is 3.63.